The number of methoxy groups -OCH3 is 1. The van der Waals surface area contributed by atoms with Gasteiger partial charge in [-0.15, -0.1) is 0 Å². The minimum atomic E-state index is -0.503. The minimum absolute atomic E-state index is 0.0465. The van der Waals surface area contributed by atoms with E-state index in [0.29, 0.717) is 5.57 Å². The Balaban J connectivity index is 1.96. The monoisotopic (exact) mass is 376 g/mol. The van der Waals surface area contributed by atoms with Gasteiger partial charge in [0.15, 0.2) is 0 Å². The van der Waals surface area contributed by atoms with Gasteiger partial charge in [0.2, 0.25) is 0 Å². The lowest BCUT2D eigenvalue weighted by Crippen LogP contribution is -2.44. The number of ether oxygens (including phenoxy) is 1. The van der Waals surface area contributed by atoms with Gasteiger partial charge in [0.25, 0.3) is 5.91 Å². The van der Waals surface area contributed by atoms with Crippen LogP contribution in [0.3, 0.4) is 0 Å². The SMILES string of the molecule is COC(=O)N1C=C2C(=O)N(C(C)(C)C)[C@@H](c3ccccc3)[C@@H]2c2ccccc21. The summed E-state index contributed by atoms with van der Waals surface area (Å²) in [5.41, 5.74) is 3.04. The van der Waals surface area contributed by atoms with Crippen LogP contribution < -0.4 is 4.90 Å². The molecular weight excluding hydrogens is 352 g/mol. The molecule has 0 aromatic heterocycles. The number of para-hydroxylation sites is 1. The van der Waals surface area contributed by atoms with E-state index in [0.717, 1.165) is 16.8 Å². The van der Waals surface area contributed by atoms with E-state index in [2.05, 4.69) is 12.1 Å². The van der Waals surface area contributed by atoms with Crippen LogP contribution in [0.1, 0.15) is 43.9 Å². The molecular formula is C23H24N2O3. The number of nitrogens with zero attached hydrogens (tertiary/aromatic N) is 2. The number of benzene rings is 2. The van der Waals surface area contributed by atoms with Crippen molar-refractivity contribution in [3.63, 3.8) is 0 Å². The van der Waals surface area contributed by atoms with Crippen LogP contribution in [0.5, 0.6) is 0 Å². The van der Waals surface area contributed by atoms with Crippen molar-refractivity contribution >= 4 is 17.7 Å². The number of hydrogen-bond donors (Lipinski definition) is 0. The van der Waals surface area contributed by atoms with Crippen LogP contribution in [0.15, 0.2) is 66.4 Å². The van der Waals surface area contributed by atoms with Crippen molar-refractivity contribution in [3.8, 4) is 0 Å². The van der Waals surface area contributed by atoms with Gasteiger partial charge in [-0.3, -0.25) is 9.69 Å². The molecule has 0 N–H and O–H groups in total. The molecule has 0 spiro atoms. The Labute approximate surface area is 165 Å². The van der Waals surface area contributed by atoms with Gasteiger partial charge < -0.3 is 9.64 Å². The van der Waals surface area contributed by atoms with Gasteiger partial charge in [0.1, 0.15) is 0 Å². The molecule has 144 valence electrons. The van der Waals surface area contributed by atoms with Crippen molar-refractivity contribution in [1.29, 1.82) is 0 Å². The molecule has 1 fully saturated rings. The van der Waals surface area contributed by atoms with Crippen LogP contribution in [-0.4, -0.2) is 29.5 Å². The summed E-state index contributed by atoms with van der Waals surface area (Å²) in [6.07, 6.45) is 1.15. The molecule has 2 amide bonds. The second-order valence-corrected chi connectivity index (χ2v) is 8.16. The number of fused-ring (bicyclic) bond motifs is 3. The Morgan fingerprint density at radius 2 is 1.64 bits per heavy atom. The molecule has 4 rings (SSSR count). The second kappa shape index (κ2) is 6.51. The zero-order chi connectivity index (χ0) is 20.1. The van der Waals surface area contributed by atoms with Gasteiger partial charge in [-0.1, -0.05) is 48.5 Å². The summed E-state index contributed by atoms with van der Waals surface area (Å²) < 4.78 is 4.95. The third-order valence-electron chi connectivity index (χ3n) is 5.43. The van der Waals surface area contributed by atoms with Crippen LogP contribution in [0.4, 0.5) is 10.5 Å². The van der Waals surface area contributed by atoms with Gasteiger partial charge >= 0.3 is 6.09 Å². The lowest BCUT2D eigenvalue weighted by molar-refractivity contribution is -0.131. The van der Waals surface area contributed by atoms with E-state index in [1.165, 1.54) is 12.0 Å². The first-order valence-corrected chi connectivity index (χ1v) is 9.41. The molecule has 5 heteroatoms. The number of amides is 2. The predicted molar refractivity (Wildman–Crippen MR) is 108 cm³/mol. The van der Waals surface area contributed by atoms with Crippen LogP contribution in [-0.2, 0) is 9.53 Å². The average molecular weight is 376 g/mol. The molecule has 28 heavy (non-hydrogen) atoms. The minimum Gasteiger partial charge on any atom is -0.452 e. The summed E-state index contributed by atoms with van der Waals surface area (Å²) in [6, 6.07) is 17.7. The number of hydrogen-bond acceptors (Lipinski definition) is 3. The van der Waals surface area contributed by atoms with E-state index in [1.807, 2.05) is 68.1 Å². The molecule has 2 aromatic rings. The fraction of sp³-hybridized carbons (Fsp3) is 0.304. The Morgan fingerprint density at radius 1 is 1.00 bits per heavy atom. The summed E-state index contributed by atoms with van der Waals surface area (Å²) >= 11 is 0. The number of likely N-dealkylation sites (tertiary alicyclic amines) is 1. The topological polar surface area (TPSA) is 49.9 Å². The largest absolute Gasteiger partial charge is 0.452 e. The molecule has 0 saturated carbocycles. The Morgan fingerprint density at radius 3 is 2.29 bits per heavy atom. The van der Waals surface area contributed by atoms with Crippen molar-refractivity contribution in [1.82, 2.24) is 4.90 Å². The van der Waals surface area contributed by atoms with Gasteiger partial charge in [-0.25, -0.2) is 4.79 Å². The summed E-state index contributed by atoms with van der Waals surface area (Å²) in [5, 5.41) is 0. The molecule has 2 aromatic carbocycles. The first-order chi connectivity index (χ1) is 13.3. The molecule has 0 radical (unpaired) electrons. The fourth-order valence-electron chi connectivity index (χ4n) is 4.33. The molecule has 2 atom stereocenters. The number of anilines is 1. The van der Waals surface area contributed by atoms with Crippen LogP contribution >= 0.6 is 0 Å². The molecule has 2 aliphatic rings. The van der Waals surface area contributed by atoms with Crippen LogP contribution in [0.2, 0.25) is 0 Å². The highest BCUT2D eigenvalue weighted by Crippen LogP contribution is 2.54. The first kappa shape index (κ1) is 18.3. The molecule has 5 nitrogen and oxygen atoms in total. The Bertz CT molecular complexity index is 959. The molecule has 0 unspecified atom stereocenters. The predicted octanol–water partition coefficient (Wildman–Crippen LogP) is 4.62. The molecule has 2 heterocycles. The summed E-state index contributed by atoms with van der Waals surface area (Å²) in [6.45, 7) is 6.13. The maximum absolute atomic E-state index is 13.5. The number of rotatable bonds is 1. The second-order valence-electron chi connectivity index (χ2n) is 8.16. The quantitative estimate of drug-likeness (QED) is 0.730. The normalized spacial score (nSPS) is 21.1. The van der Waals surface area contributed by atoms with E-state index in [1.54, 1.807) is 6.20 Å². The molecule has 0 aliphatic carbocycles. The van der Waals surface area contributed by atoms with Crippen molar-refractivity contribution in [2.45, 2.75) is 38.3 Å². The van der Waals surface area contributed by atoms with Crippen molar-refractivity contribution < 1.29 is 14.3 Å². The standard InChI is InChI=1S/C23H24N2O3/c1-23(2,3)25-20(15-10-6-5-7-11-15)19-16-12-8-9-13-18(16)24(22(27)28-4)14-17(19)21(25)26/h5-14,19-20H,1-4H3/t19-,20+/m1/s1. The lowest BCUT2D eigenvalue weighted by Gasteiger charge is -2.39. The summed E-state index contributed by atoms with van der Waals surface area (Å²) in [4.78, 5) is 29.3. The summed E-state index contributed by atoms with van der Waals surface area (Å²) in [7, 11) is 1.35. The van der Waals surface area contributed by atoms with E-state index in [9.17, 15) is 9.59 Å². The van der Waals surface area contributed by atoms with E-state index in [4.69, 9.17) is 4.74 Å². The van der Waals surface area contributed by atoms with E-state index < -0.39 is 6.09 Å². The van der Waals surface area contributed by atoms with Gasteiger partial charge in [-0.05, 0) is 38.0 Å². The Kier molecular flexibility index (Phi) is 4.26. The first-order valence-electron chi connectivity index (χ1n) is 9.41. The highest BCUT2D eigenvalue weighted by Gasteiger charge is 2.52. The van der Waals surface area contributed by atoms with Crippen molar-refractivity contribution in [3.05, 3.63) is 77.5 Å². The highest BCUT2D eigenvalue weighted by atomic mass is 16.5. The van der Waals surface area contributed by atoms with Gasteiger partial charge in [0.05, 0.1) is 18.8 Å². The van der Waals surface area contributed by atoms with E-state index >= 15 is 0 Å². The maximum Gasteiger partial charge on any atom is 0.418 e. The summed E-state index contributed by atoms with van der Waals surface area (Å²) in [5.74, 6) is -0.194. The zero-order valence-corrected chi connectivity index (χ0v) is 16.5. The van der Waals surface area contributed by atoms with Gasteiger partial charge in [0, 0.05) is 23.2 Å². The number of carbonyl (C=O) groups is 2. The third-order valence-corrected chi connectivity index (χ3v) is 5.43. The van der Waals surface area contributed by atoms with Gasteiger partial charge in [-0.2, -0.15) is 0 Å². The van der Waals surface area contributed by atoms with Crippen LogP contribution in [0, 0.1) is 0 Å². The molecule has 1 saturated heterocycles. The maximum atomic E-state index is 13.5. The molecule has 2 aliphatic heterocycles. The van der Waals surface area contributed by atoms with Crippen LogP contribution in [0.25, 0.3) is 0 Å². The van der Waals surface area contributed by atoms with E-state index in [-0.39, 0.29) is 23.4 Å². The lowest BCUT2D eigenvalue weighted by atomic mass is 9.81. The highest BCUT2D eigenvalue weighted by molar-refractivity contribution is 6.04. The third kappa shape index (κ3) is 2.70. The number of carbonyl (C=O) groups excluding carboxylic acids is 2. The molecule has 0 bridgehead atoms. The van der Waals surface area contributed by atoms with Crippen molar-refractivity contribution in [2.75, 3.05) is 12.0 Å². The van der Waals surface area contributed by atoms with Crippen molar-refractivity contribution in [2.24, 2.45) is 0 Å². The average Bonchev–Trinajstić information content (AvgIpc) is 3.00. The fourth-order valence-corrected chi connectivity index (χ4v) is 4.33. The zero-order valence-electron chi connectivity index (χ0n) is 16.5. The Hall–Kier alpha value is -3.08. The smallest absolute Gasteiger partial charge is 0.418 e.